The molecule has 0 bridgehead atoms. The quantitative estimate of drug-likeness (QED) is 0.316. The number of benzene rings is 2. The maximum absolute atomic E-state index is 14.5. The molecule has 0 saturated heterocycles. The van der Waals surface area contributed by atoms with E-state index in [1.54, 1.807) is 29.7 Å². The van der Waals surface area contributed by atoms with Crippen molar-refractivity contribution in [1.82, 2.24) is 5.48 Å². The average molecular weight is 414 g/mol. The molecule has 0 saturated carbocycles. The van der Waals surface area contributed by atoms with Gasteiger partial charge in [-0.25, -0.2) is 14.3 Å². The maximum Gasteiger partial charge on any atom is 0.245 e. The van der Waals surface area contributed by atoms with Gasteiger partial charge in [0.1, 0.15) is 11.6 Å². The highest BCUT2D eigenvalue weighted by molar-refractivity contribution is 6.30. The lowest BCUT2D eigenvalue weighted by Crippen LogP contribution is -2.32. The molecule has 28 heavy (non-hydrogen) atoms. The van der Waals surface area contributed by atoms with Crippen molar-refractivity contribution in [2.45, 2.75) is 31.3 Å². The van der Waals surface area contributed by atoms with Gasteiger partial charge in [-0.1, -0.05) is 29.8 Å². The van der Waals surface area contributed by atoms with E-state index in [9.17, 15) is 13.6 Å². The number of nitrogens with one attached hydrogen (secondary N) is 1. The van der Waals surface area contributed by atoms with Gasteiger partial charge in [-0.05, 0) is 42.2 Å². The first-order valence-corrected chi connectivity index (χ1v) is 9.17. The van der Waals surface area contributed by atoms with Crippen molar-refractivity contribution in [2.24, 2.45) is 0 Å². The highest BCUT2D eigenvalue weighted by atomic mass is 35.5. The Balaban J connectivity index is 2.38. The third-order valence-corrected chi connectivity index (χ3v) is 4.58. The molecule has 152 valence electrons. The molecule has 0 fully saturated rings. The smallest absolute Gasteiger partial charge is 0.245 e. The second kappa shape index (κ2) is 11.1. The predicted octanol–water partition coefficient (Wildman–Crippen LogP) is 3.61. The van der Waals surface area contributed by atoms with Crippen molar-refractivity contribution >= 4 is 17.5 Å². The van der Waals surface area contributed by atoms with Crippen LogP contribution in [0.15, 0.2) is 42.5 Å². The number of halogens is 3. The molecule has 0 heterocycles. The Morgan fingerprint density at radius 1 is 1.18 bits per heavy atom. The highest BCUT2D eigenvalue weighted by Crippen LogP contribution is 2.31. The summed E-state index contributed by atoms with van der Waals surface area (Å²) in [5, 5.41) is 18.4. The molecule has 2 atom stereocenters. The van der Waals surface area contributed by atoms with Crippen LogP contribution in [0.2, 0.25) is 5.02 Å². The Kier molecular flexibility index (Phi) is 8.79. The monoisotopic (exact) mass is 413 g/mol. The summed E-state index contributed by atoms with van der Waals surface area (Å²) in [6.45, 7) is 0.0332. The first-order valence-electron chi connectivity index (χ1n) is 8.79. The maximum atomic E-state index is 14.5. The van der Waals surface area contributed by atoms with Crippen LogP contribution in [0.3, 0.4) is 0 Å². The molecule has 0 radical (unpaired) electrons. The van der Waals surface area contributed by atoms with Gasteiger partial charge in [0.05, 0.1) is 12.5 Å². The fourth-order valence-corrected chi connectivity index (χ4v) is 3.09. The number of aliphatic hydroxyl groups excluding tert-OH is 1. The fraction of sp³-hybridized carbons (Fsp3) is 0.350. The number of carbonyl (C=O) groups is 1. The van der Waals surface area contributed by atoms with Crippen molar-refractivity contribution in [3.63, 3.8) is 0 Å². The Labute approximate surface area is 166 Å². The summed E-state index contributed by atoms with van der Waals surface area (Å²) in [6.07, 6.45) is -0.426. The number of aliphatic hydroxyl groups is 1. The number of hydroxylamine groups is 1. The fourth-order valence-electron chi connectivity index (χ4n) is 2.96. The minimum atomic E-state index is -0.811. The standard InChI is InChI=1S/C20H22ClF2NO4/c21-14-4-2-13(3-5-14)10-17(16-7-6-15(22)11-18(16)23)19(12-20(26)24-27)28-9-1-8-25/h2-7,11,17,19,25,27H,1,8-10,12H2,(H,24,26)/t17-,19-/m1/s1. The molecule has 5 nitrogen and oxygen atoms in total. The first kappa shape index (κ1) is 22.2. The molecule has 3 N–H and O–H groups in total. The van der Waals surface area contributed by atoms with Gasteiger partial charge in [0.25, 0.3) is 0 Å². The molecule has 0 spiro atoms. The third kappa shape index (κ3) is 6.53. The lowest BCUT2D eigenvalue weighted by atomic mass is 9.85. The predicted molar refractivity (Wildman–Crippen MR) is 100 cm³/mol. The summed E-state index contributed by atoms with van der Waals surface area (Å²) in [5.41, 5.74) is 2.56. The number of ether oxygens (including phenoxy) is 1. The summed E-state index contributed by atoms with van der Waals surface area (Å²) in [7, 11) is 0. The number of hydrogen-bond donors (Lipinski definition) is 3. The number of amides is 1. The van der Waals surface area contributed by atoms with E-state index in [2.05, 4.69) is 0 Å². The van der Waals surface area contributed by atoms with Gasteiger partial charge >= 0.3 is 0 Å². The number of rotatable bonds is 10. The van der Waals surface area contributed by atoms with E-state index in [-0.39, 0.29) is 25.2 Å². The van der Waals surface area contributed by atoms with Crippen LogP contribution < -0.4 is 5.48 Å². The third-order valence-electron chi connectivity index (χ3n) is 4.33. The second-order valence-corrected chi connectivity index (χ2v) is 6.76. The SMILES string of the molecule is O=C(C[C@@H](OCCCO)[C@H](Cc1ccc(Cl)cc1)c1ccc(F)cc1F)NO. The summed E-state index contributed by atoms with van der Waals surface area (Å²) in [4.78, 5) is 11.8. The van der Waals surface area contributed by atoms with Crippen LogP contribution in [0, 0.1) is 11.6 Å². The van der Waals surface area contributed by atoms with E-state index in [1.807, 2.05) is 0 Å². The topological polar surface area (TPSA) is 78.8 Å². The summed E-state index contributed by atoms with van der Waals surface area (Å²) in [5.74, 6) is -2.80. The number of carbonyl (C=O) groups excluding carboxylic acids is 1. The highest BCUT2D eigenvalue weighted by Gasteiger charge is 2.29. The summed E-state index contributed by atoms with van der Waals surface area (Å²) < 4.78 is 33.6. The van der Waals surface area contributed by atoms with Gasteiger partial charge < -0.3 is 9.84 Å². The number of hydrogen-bond acceptors (Lipinski definition) is 4. The summed E-state index contributed by atoms with van der Waals surface area (Å²) >= 11 is 5.91. The van der Waals surface area contributed by atoms with Crippen LogP contribution in [0.5, 0.6) is 0 Å². The molecular formula is C20H22ClF2NO4. The zero-order valence-electron chi connectivity index (χ0n) is 15.1. The minimum absolute atomic E-state index is 0.105. The largest absolute Gasteiger partial charge is 0.396 e. The molecule has 0 aliphatic rings. The second-order valence-electron chi connectivity index (χ2n) is 6.33. The van der Waals surface area contributed by atoms with Crippen LogP contribution in [-0.2, 0) is 16.0 Å². The van der Waals surface area contributed by atoms with Gasteiger partial charge in [0.2, 0.25) is 5.91 Å². The van der Waals surface area contributed by atoms with Crippen LogP contribution in [0.1, 0.15) is 29.9 Å². The molecule has 0 unspecified atom stereocenters. The zero-order valence-corrected chi connectivity index (χ0v) is 15.8. The Bertz CT molecular complexity index is 773. The van der Waals surface area contributed by atoms with Crippen LogP contribution in [0.25, 0.3) is 0 Å². The van der Waals surface area contributed by atoms with Crippen LogP contribution in [-0.4, -0.2) is 35.5 Å². The average Bonchev–Trinajstić information content (AvgIpc) is 2.67. The van der Waals surface area contributed by atoms with E-state index in [0.717, 1.165) is 17.7 Å². The van der Waals surface area contributed by atoms with Crippen molar-refractivity contribution in [3.8, 4) is 0 Å². The van der Waals surface area contributed by atoms with Crippen molar-refractivity contribution in [3.05, 3.63) is 70.2 Å². The van der Waals surface area contributed by atoms with E-state index in [0.29, 0.717) is 17.9 Å². The summed E-state index contributed by atoms with van der Waals surface area (Å²) in [6, 6.07) is 10.2. The molecule has 2 rings (SSSR count). The minimum Gasteiger partial charge on any atom is -0.396 e. The van der Waals surface area contributed by atoms with E-state index >= 15 is 0 Å². The van der Waals surface area contributed by atoms with Crippen molar-refractivity contribution in [1.29, 1.82) is 0 Å². The molecular weight excluding hydrogens is 392 g/mol. The Hall–Kier alpha value is -2.06. The van der Waals surface area contributed by atoms with Gasteiger partial charge in [-0.3, -0.25) is 10.0 Å². The Morgan fingerprint density at radius 3 is 2.50 bits per heavy atom. The lowest BCUT2D eigenvalue weighted by molar-refractivity contribution is -0.132. The first-order chi connectivity index (χ1) is 13.4. The van der Waals surface area contributed by atoms with Gasteiger partial charge in [0, 0.05) is 30.2 Å². The van der Waals surface area contributed by atoms with E-state index in [1.165, 1.54) is 6.07 Å². The molecule has 1 amide bonds. The van der Waals surface area contributed by atoms with Gasteiger partial charge in [-0.2, -0.15) is 0 Å². The van der Waals surface area contributed by atoms with Crippen LogP contribution in [0.4, 0.5) is 8.78 Å². The van der Waals surface area contributed by atoms with E-state index in [4.69, 9.17) is 26.7 Å². The molecule has 2 aromatic carbocycles. The van der Waals surface area contributed by atoms with Gasteiger partial charge in [0.15, 0.2) is 0 Å². The molecule has 0 aromatic heterocycles. The molecule has 2 aromatic rings. The van der Waals surface area contributed by atoms with Gasteiger partial charge in [-0.15, -0.1) is 0 Å². The lowest BCUT2D eigenvalue weighted by Gasteiger charge is -2.28. The zero-order chi connectivity index (χ0) is 20.5. The Morgan fingerprint density at radius 2 is 1.89 bits per heavy atom. The van der Waals surface area contributed by atoms with E-state index < -0.39 is 29.6 Å². The van der Waals surface area contributed by atoms with Crippen LogP contribution >= 0.6 is 11.6 Å². The molecule has 8 heteroatoms. The van der Waals surface area contributed by atoms with Crippen molar-refractivity contribution < 1.29 is 28.6 Å². The molecule has 0 aliphatic heterocycles. The van der Waals surface area contributed by atoms with Crippen molar-refractivity contribution in [2.75, 3.05) is 13.2 Å². The molecule has 0 aliphatic carbocycles. The normalized spacial score (nSPS) is 13.2.